The van der Waals surface area contributed by atoms with Crippen LogP contribution in [0.3, 0.4) is 0 Å². The van der Waals surface area contributed by atoms with E-state index in [-0.39, 0.29) is 12.0 Å². The Bertz CT molecular complexity index is 199. The Kier molecular flexibility index (Phi) is 4.00. The van der Waals surface area contributed by atoms with Gasteiger partial charge in [0.1, 0.15) is 6.61 Å². The maximum atomic E-state index is 11.8. The van der Waals surface area contributed by atoms with Crippen LogP contribution in [-0.2, 0) is 4.74 Å². The molecule has 1 rings (SSSR count). The molecule has 90 valence electrons. The van der Waals surface area contributed by atoms with Crippen molar-refractivity contribution in [2.24, 2.45) is 11.3 Å². The van der Waals surface area contributed by atoms with Gasteiger partial charge in [-0.15, -0.1) is 0 Å². The van der Waals surface area contributed by atoms with Crippen molar-refractivity contribution in [2.45, 2.75) is 26.4 Å². The topological polar surface area (TPSA) is 21.3 Å². The summed E-state index contributed by atoms with van der Waals surface area (Å²) in [7, 11) is 0. The lowest BCUT2D eigenvalue weighted by Gasteiger charge is -2.46. The van der Waals surface area contributed by atoms with E-state index in [4.69, 9.17) is 0 Å². The lowest BCUT2D eigenvalue weighted by atomic mass is 9.70. The van der Waals surface area contributed by atoms with Gasteiger partial charge in [0.25, 0.3) is 0 Å². The lowest BCUT2D eigenvalue weighted by molar-refractivity contribution is -0.176. The van der Waals surface area contributed by atoms with Gasteiger partial charge in [0, 0.05) is 19.7 Å². The first-order chi connectivity index (χ1) is 6.86. The fraction of sp³-hybridized carbons (Fsp3) is 1.00. The number of hydrogen-bond donors (Lipinski definition) is 1. The van der Waals surface area contributed by atoms with Crippen LogP contribution in [0.1, 0.15) is 20.3 Å². The van der Waals surface area contributed by atoms with E-state index in [2.05, 4.69) is 23.9 Å². The number of nitrogens with one attached hydrogen (secondary N) is 1. The molecule has 0 aromatic rings. The van der Waals surface area contributed by atoms with Crippen LogP contribution in [-0.4, -0.2) is 32.5 Å². The van der Waals surface area contributed by atoms with Crippen molar-refractivity contribution in [3.05, 3.63) is 0 Å². The van der Waals surface area contributed by atoms with Crippen LogP contribution < -0.4 is 5.32 Å². The molecule has 0 aromatic heterocycles. The summed E-state index contributed by atoms with van der Waals surface area (Å²) < 4.78 is 40.0. The summed E-state index contributed by atoms with van der Waals surface area (Å²) in [5.74, 6) is 0.480. The van der Waals surface area contributed by atoms with Crippen LogP contribution >= 0.6 is 0 Å². The highest BCUT2D eigenvalue weighted by Gasteiger charge is 2.39. The molecule has 0 amide bonds. The van der Waals surface area contributed by atoms with Crippen LogP contribution in [0.2, 0.25) is 0 Å². The highest BCUT2D eigenvalue weighted by molar-refractivity contribution is 4.94. The number of rotatable bonds is 5. The Morgan fingerprint density at radius 3 is 2.27 bits per heavy atom. The standard InChI is InChI=1S/C10H18F3NO/c1-8(2)9(5-14-6-9)3-4-15-7-10(11,12)13/h8,14H,3-7H2,1-2H3. The van der Waals surface area contributed by atoms with Gasteiger partial charge in [0.05, 0.1) is 0 Å². The molecule has 1 fully saturated rings. The highest BCUT2D eigenvalue weighted by atomic mass is 19.4. The molecule has 0 aliphatic carbocycles. The first kappa shape index (κ1) is 12.8. The minimum Gasteiger partial charge on any atom is -0.372 e. The average molecular weight is 225 g/mol. The summed E-state index contributed by atoms with van der Waals surface area (Å²) in [4.78, 5) is 0. The normalized spacial score (nSPS) is 20.4. The first-order valence-corrected chi connectivity index (χ1v) is 5.21. The van der Waals surface area contributed by atoms with Gasteiger partial charge in [0.2, 0.25) is 0 Å². The Labute approximate surface area is 88.2 Å². The van der Waals surface area contributed by atoms with E-state index in [1.54, 1.807) is 0 Å². The molecule has 0 atom stereocenters. The molecule has 1 saturated heterocycles. The van der Waals surface area contributed by atoms with Crippen molar-refractivity contribution in [3.8, 4) is 0 Å². The zero-order valence-electron chi connectivity index (χ0n) is 9.16. The lowest BCUT2D eigenvalue weighted by Crippen LogP contribution is -2.56. The number of alkyl halides is 3. The van der Waals surface area contributed by atoms with Crippen LogP contribution in [0.25, 0.3) is 0 Å². The third-order valence-corrected chi connectivity index (χ3v) is 3.19. The summed E-state index contributed by atoms with van der Waals surface area (Å²) >= 11 is 0. The maximum absolute atomic E-state index is 11.8. The summed E-state index contributed by atoms with van der Waals surface area (Å²) in [5, 5.41) is 3.16. The molecular formula is C10H18F3NO. The molecule has 1 N–H and O–H groups in total. The molecule has 0 radical (unpaired) electrons. The van der Waals surface area contributed by atoms with E-state index in [0.717, 1.165) is 13.1 Å². The summed E-state index contributed by atoms with van der Waals surface area (Å²) in [6.45, 7) is 5.04. The van der Waals surface area contributed by atoms with E-state index >= 15 is 0 Å². The third-order valence-electron chi connectivity index (χ3n) is 3.19. The molecular weight excluding hydrogens is 207 g/mol. The molecule has 15 heavy (non-hydrogen) atoms. The summed E-state index contributed by atoms with van der Waals surface area (Å²) in [6, 6.07) is 0. The fourth-order valence-electron chi connectivity index (χ4n) is 1.78. The second-order valence-electron chi connectivity index (χ2n) is 4.54. The Hall–Kier alpha value is -0.290. The first-order valence-electron chi connectivity index (χ1n) is 5.21. The van der Waals surface area contributed by atoms with Crippen molar-refractivity contribution >= 4 is 0 Å². The van der Waals surface area contributed by atoms with E-state index in [1.165, 1.54) is 0 Å². The zero-order chi connectivity index (χ0) is 11.5. The molecule has 0 bridgehead atoms. The van der Waals surface area contributed by atoms with E-state index < -0.39 is 12.8 Å². The Balaban J connectivity index is 2.19. The molecule has 0 saturated carbocycles. The van der Waals surface area contributed by atoms with E-state index in [1.807, 2.05) is 0 Å². The molecule has 0 unspecified atom stereocenters. The largest absolute Gasteiger partial charge is 0.411 e. The molecule has 2 nitrogen and oxygen atoms in total. The van der Waals surface area contributed by atoms with Crippen molar-refractivity contribution in [1.82, 2.24) is 5.32 Å². The number of hydrogen-bond acceptors (Lipinski definition) is 2. The number of halogens is 3. The quantitative estimate of drug-likeness (QED) is 0.724. The van der Waals surface area contributed by atoms with Gasteiger partial charge in [-0.1, -0.05) is 13.8 Å². The number of ether oxygens (including phenoxy) is 1. The SMILES string of the molecule is CC(C)C1(CCOCC(F)(F)F)CNC1. The van der Waals surface area contributed by atoms with Crippen LogP contribution in [0.4, 0.5) is 13.2 Å². The van der Waals surface area contributed by atoms with Crippen molar-refractivity contribution < 1.29 is 17.9 Å². The predicted octanol–water partition coefficient (Wildman–Crippen LogP) is 2.20. The summed E-state index contributed by atoms with van der Waals surface area (Å²) in [5.41, 5.74) is 0.144. The smallest absolute Gasteiger partial charge is 0.372 e. The van der Waals surface area contributed by atoms with Gasteiger partial charge in [-0.25, -0.2) is 0 Å². The highest BCUT2D eigenvalue weighted by Crippen LogP contribution is 2.35. The zero-order valence-corrected chi connectivity index (χ0v) is 9.16. The van der Waals surface area contributed by atoms with Crippen LogP contribution in [0, 0.1) is 11.3 Å². The van der Waals surface area contributed by atoms with Crippen molar-refractivity contribution in [3.63, 3.8) is 0 Å². The Morgan fingerprint density at radius 1 is 1.33 bits per heavy atom. The molecule has 5 heteroatoms. The minimum atomic E-state index is -4.21. The van der Waals surface area contributed by atoms with Crippen molar-refractivity contribution in [1.29, 1.82) is 0 Å². The molecule has 1 heterocycles. The monoisotopic (exact) mass is 225 g/mol. The van der Waals surface area contributed by atoms with Crippen molar-refractivity contribution in [2.75, 3.05) is 26.3 Å². The fourth-order valence-corrected chi connectivity index (χ4v) is 1.78. The van der Waals surface area contributed by atoms with Gasteiger partial charge in [-0.05, 0) is 17.8 Å². The van der Waals surface area contributed by atoms with Crippen LogP contribution in [0.5, 0.6) is 0 Å². The van der Waals surface area contributed by atoms with Crippen LogP contribution in [0.15, 0.2) is 0 Å². The molecule has 1 aliphatic rings. The summed E-state index contributed by atoms with van der Waals surface area (Å²) in [6.07, 6.45) is -3.50. The molecule has 1 aliphatic heterocycles. The Morgan fingerprint density at radius 2 is 1.93 bits per heavy atom. The molecule has 0 spiro atoms. The molecule has 0 aromatic carbocycles. The van der Waals surface area contributed by atoms with Gasteiger partial charge in [0.15, 0.2) is 0 Å². The van der Waals surface area contributed by atoms with Gasteiger partial charge >= 0.3 is 6.18 Å². The average Bonchev–Trinajstić information content (AvgIpc) is 1.98. The predicted molar refractivity (Wildman–Crippen MR) is 51.6 cm³/mol. The van der Waals surface area contributed by atoms with E-state index in [9.17, 15) is 13.2 Å². The van der Waals surface area contributed by atoms with Gasteiger partial charge in [-0.3, -0.25) is 0 Å². The maximum Gasteiger partial charge on any atom is 0.411 e. The third kappa shape index (κ3) is 3.65. The second kappa shape index (κ2) is 4.70. The van der Waals surface area contributed by atoms with E-state index in [0.29, 0.717) is 12.3 Å². The second-order valence-corrected chi connectivity index (χ2v) is 4.54. The van der Waals surface area contributed by atoms with Gasteiger partial charge in [-0.2, -0.15) is 13.2 Å². The van der Waals surface area contributed by atoms with Gasteiger partial charge < -0.3 is 10.1 Å². The minimum absolute atomic E-state index is 0.144.